The second-order valence-corrected chi connectivity index (χ2v) is 8.83. The molecule has 0 radical (unpaired) electrons. The molecule has 0 spiro atoms. The van der Waals surface area contributed by atoms with Gasteiger partial charge in [0.25, 0.3) is 0 Å². The maximum absolute atomic E-state index is 13.9. The van der Waals surface area contributed by atoms with E-state index in [0.717, 1.165) is 40.6 Å². The molecule has 1 fully saturated rings. The first-order chi connectivity index (χ1) is 15.3. The smallest absolute Gasteiger partial charge is 0.305 e. The highest BCUT2D eigenvalue weighted by Crippen LogP contribution is 2.46. The number of carboxylic acids is 1. The van der Waals surface area contributed by atoms with E-state index in [2.05, 4.69) is 0 Å². The average Bonchev–Trinajstić information content (AvgIpc) is 3.56. The Morgan fingerprint density at radius 2 is 2.03 bits per heavy atom. The Kier molecular flexibility index (Phi) is 6.53. The van der Waals surface area contributed by atoms with Crippen LogP contribution in [-0.4, -0.2) is 38.5 Å². The number of rotatable bonds is 8. The van der Waals surface area contributed by atoms with Crippen LogP contribution in [0.2, 0.25) is 0 Å². The molecule has 4 rings (SSSR count). The van der Waals surface area contributed by atoms with Crippen molar-refractivity contribution in [3.05, 3.63) is 71.2 Å². The van der Waals surface area contributed by atoms with Gasteiger partial charge in [0, 0.05) is 29.2 Å². The largest absolute Gasteiger partial charge is 0.481 e. The summed E-state index contributed by atoms with van der Waals surface area (Å²) in [6.07, 6.45) is 7.97. The Balaban J connectivity index is 1.77. The lowest BCUT2D eigenvalue weighted by atomic mass is 9.79. The van der Waals surface area contributed by atoms with E-state index in [0.29, 0.717) is 5.92 Å². The molecule has 1 aromatic heterocycles. The van der Waals surface area contributed by atoms with Gasteiger partial charge in [0.2, 0.25) is 0 Å². The van der Waals surface area contributed by atoms with Gasteiger partial charge in [-0.3, -0.25) is 9.78 Å². The van der Waals surface area contributed by atoms with E-state index in [-0.39, 0.29) is 24.1 Å². The van der Waals surface area contributed by atoms with Gasteiger partial charge in [0.15, 0.2) is 0 Å². The quantitative estimate of drug-likeness (QED) is 0.549. The average molecular weight is 438 g/mol. The number of carboxylic acid groups (broad SMARTS) is 1. The molecule has 2 unspecified atom stereocenters. The van der Waals surface area contributed by atoms with Crippen molar-refractivity contribution >= 4 is 22.9 Å². The zero-order valence-corrected chi connectivity index (χ0v) is 18.0. The van der Waals surface area contributed by atoms with E-state index in [1.807, 2.05) is 43.3 Å². The molecule has 4 atom stereocenters. The van der Waals surface area contributed by atoms with E-state index < -0.39 is 24.6 Å². The lowest BCUT2D eigenvalue weighted by Crippen LogP contribution is -2.19. The number of para-hydroxylation sites is 1. The Labute approximate surface area is 186 Å². The van der Waals surface area contributed by atoms with Gasteiger partial charge in [-0.15, -0.1) is 0 Å². The molecule has 3 N–H and O–H groups in total. The summed E-state index contributed by atoms with van der Waals surface area (Å²) in [6, 6.07) is 7.93. The summed E-state index contributed by atoms with van der Waals surface area (Å²) in [4.78, 5) is 15.7. The second-order valence-electron chi connectivity index (χ2n) is 8.83. The number of benzene rings is 1. The molecule has 2 aliphatic rings. The first-order valence-electron chi connectivity index (χ1n) is 11.1. The zero-order valence-electron chi connectivity index (χ0n) is 18.0. The van der Waals surface area contributed by atoms with E-state index in [1.165, 1.54) is 6.08 Å². The van der Waals surface area contributed by atoms with Crippen molar-refractivity contribution in [2.45, 2.75) is 56.7 Å². The van der Waals surface area contributed by atoms with Crippen molar-refractivity contribution in [1.29, 1.82) is 0 Å². The number of hydrogen-bond acceptors (Lipinski definition) is 4. The highest BCUT2D eigenvalue weighted by Gasteiger charge is 2.32. The summed E-state index contributed by atoms with van der Waals surface area (Å²) in [5.41, 5.74) is 3.85. The maximum Gasteiger partial charge on any atom is 0.305 e. The molecule has 0 amide bonds. The SMILES string of the molecule is CC1C=C(F)C=CC1c1c(/C=C/[C@@H](O)C[C@@H](O)CC(=O)O)c(C2CC2)nc2ccccc12. The fourth-order valence-corrected chi connectivity index (χ4v) is 4.46. The van der Waals surface area contributed by atoms with Crippen LogP contribution in [0, 0.1) is 5.92 Å². The molecule has 2 aromatic rings. The first kappa shape index (κ1) is 22.4. The van der Waals surface area contributed by atoms with Crippen LogP contribution in [0.1, 0.15) is 61.3 Å². The van der Waals surface area contributed by atoms with E-state index in [9.17, 15) is 19.4 Å². The summed E-state index contributed by atoms with van der Waals surface area (Å²) >= 11 is 0. The van der Waals surface area contributed by atoms with Gasteiger partial charge in [-0.1, -0.05) is 43.4 Å². The zero-order chi connectivity index (χ0) is 22.8. The lowest BCUT2D eigenvalue weighted by Gasteiger charge is -2.26. The fourth-order valence-electron chi connectivity index (χ4n) is 4.46. The minimum absolute atomic E-state index is 0.0470. The molecular weight excluding hydrogens is 409 g/mol. The molecule has 2 aliphatic carbocycles. The minimum Gasteiger partial charge on any atom is -0.481 e. The van der Waals surface area contributed by atoms with Crippen LogP contribution in [-0.2, 0) is 4.79 Å². The molecule has 0 aliphatic heterocycles. The van der Waals surface area contributed by atoms with Gasteiger partial charge in [-0.25, -0.2) is 4.39 Å². The monoisotopic (exact) mass is 437 g/mol. The second kappa shape index (κ2) is 9.35. The summed E-state index contributed by atoms with van der Waals surface area (Å²) in [6.45, 7) is 1.99. The van der Waals surface area contributed by atoms with Crippen molar-refractivity contribution in [3.63, 3.8) is 0 Å². The third kappa shape index (κ3) is 4.97. The highest BCUT2D eigenvalue weighted by atomic mass is 19.1. The number of aliphatic hydroxyl groups excluding tert-OH is 2. The number of aliphatic carboxylic acids is 1. The van der Waals surface area contributed by atoms with Crippen LogP contribution in [0.4, 0.5) is 4.39 Å². The standard InChI is InChI=1S/C26H28FNO4/c1-15-12-17(27)8-10-20(15)25-21-4-2-3-5-23(21)28-26(16-6-7-16)22(25)11-9-18(29)13-19(30)14-24(31)32/h2-5,8-12,15-16,18-20,29-30H,6-7,13-14H2,1H3,(H,31,32)/b11-9+/t15?,18-,19-,20?/m1/s1. The molecule has 6 heteroatoms. The lowest BCUT2D eigenvalue weighted by molar-refractivity contribution is -0.139. The van der Waals surface area contributed by atoms with Crippen molar-refractivity contribution < 1.29 is 24.5 Å². The Morgan fingerprint density at radius 1 is 1.28 bits per heavy atom. The van der Waals surface area contributed by atoms with E-state index in [1.54, 1.807) is 12.2 Å². The number of pyridine rings is 1. The molecule has 1 saturated carbocycles. The van der Waals surface area contributed by atoms with Crippen molar-refractivity contribution in [2.75, 3.05) is 0 Å². The van der Waals surface area contributed by atoms with Crippen LogP contribution in [0.5, 0.6) is 0 Å². The summed E-state index contributed by atoms with van der Waals surface area (Å²) < 4.78 is 13.9. The van der Waals surface area contributed by atoms with Crippen molar-refractivity contribution in [2.24, 2.45) is 5.92 Å². The normalized spacial score (nSPS) is 22.8. The fraction of sp³-hybridized carbons (Fsp3) is 0.385. The highest BCUT2D eigenvalue weighted by molar-refractivity contribution is 5.87. The number of hydrogen-bond donors (Lipinski definition) is 3. The van der Waals surface area contributed by atoms with Crippen molar-refractivity contribution in [1.82, 2.24) is 4.98 Å². The Hall–Kier alpha value is -2.83. The van der Waals surface area contributed by atoms with Gasteiger partial charge in [0.1, 0.15) is 5.83 Å². The predicted octanol–water partition coefficient (Wildman–Crippen LogP) is 4.85. The topological polar surface area (TPSA) is 90.7 Å². The number of halogens is 1. The van der Waals surface area contributed by atoms with Crippen LogP contribution >= 0.6 is 0 Å². The first-order valence-corrected chi connectivity index (χ1v) is 11.1. The van der Waals surface area contributed by atoms with Gasteiger partial charge in [-0.2, -0.15) is 0 Å². The van der Waals surface area contributed by atoms with Gasteiger partial charge >= 0.3 is 5.97 Å². The molecular formula is C26H28FNO4. The number of carbonyl (C=O) groups is 1. The number of nitrogens with zero attached hydrogens (tertiary/aromatic N) is 1. The van der Waals surface area contributed by atoms with Gasteiger partial charge in [0.05, 0.1) is 29.8 Å². The van der Waals surface area contributed by atoms with E-state index in [4.69, 9.17) is 10.1 Å². The van der Waals surface area contributed by atoms with Crippen LogP contribution in [0.25, 0.3) is 17.0 Å². The van der Waals surface area contributed by atoms with E-state index >= 15 is 0 Å². The Morgan fingerprint density at radius 3 is 2.72 bits per heavy atom. The molecule has 32 heavy (non-hydrogen) atoms. The van der Waals surface area contributed by atoms with Crippen LogP contribution in [0.3, 0.4) is 0 Å². The predicted molar refractivity (Wildman–Crippen MR) is 122 cm³/mol. The van der Waals surface area contributed by atoms with Gasteiger partial charge in [-0.05, 0) is 42.5 Å². The molecule has 0 bridgehead atoms. The number of aliphatic hydroxyl groups is 2. The van der Waals surface area contributed by atoms with Gasteiger partial charge < -0.3 is 15.3 Å². The minimum atomic E-state index is -1.13. The van der Waals surface area contributed by atoms with Crippen LogP contribution in [0.15, 0.2) is 54.4 Å². The maximum atomic E-state index is 13.9. The molecule has 5 nitrogen and oxygen atoms in total. The third-order valence-corrected chi connectivity index (χ3v) is 6.16. The molecule has 168 valence electrons. The summed E-state index contributed by atoms with van der Waals surface area (Å²) in [7, 11) is 0. The third-order valence-electron chi connectivity index (χ3n) is 6.16. The molecule has 1 aromatic carbocycles. The summed E-state index contributed by atoms with van der Waals surface area (Å²) in [5.74, 6) is -1.09. The molecule has 0 saturated heterocycles. The Bertz CT molecular complexity index is 1100. The summed E-state index contributed by atoms with van der Waals surface area (Å²) in [5, 5.41) is 30.1. The number of aromatic nitrogens is 1. The molecule has 1 heterocycles. The number of fused-ring (bicyclic) bond motifs is 1. The van der Waals surface area contributed by atoms with Crippen molar-refractivity contribution in [3.8, 4) is 0 Å². The number of allylic oxidation sites excluding steroid dienone is 4. The van der Waals surface area contributed by atoms with Crippen LogP contribution < -0.4 is 0 Å².